The van der Waals surface area contributed by atoms with E-state index < -0.39 is 0 Å². The number of nitrogen functional groups attached to an aromatic ring is 1. The van der Waals surface area contributed by atoms with E-state index in [0.717, 1.165) is 60.2 Å². The van der Waals surface area contributed by atoms with Crippen LogP contribution in [0.3, 0.4) is 0 Å². The summed E-state index contributed by atoms with van der Waals surface area (Å²) in [6.07, 6.45) is 9.98. The van der Waals surface area contributed by atoms with Crippen LogP contribution in [0.4, 0.5) is 5.82 Å². The zero-order valence-electron chi connectivity index (χ0n) is 21.5. The van der Waals surface area contributed by atoms with Crippen LogP contribution in [0.15, 0.2) is 67.3 Å². The largest absolute Gasteiger partial charge is 0.424 e. The summed E-state index contributed by atoms with van der Waals surface area (Å²) in [4.78, 5) is 31.3. The topological polar surface area (TPSA) is 112 Å². The van der Waals surface area contributed by atoms with Crippen LogP contribution in [0.5, 0.6) is 11.8 Å². The van der Waals surface area contributed by atoms with Crippen molar-refractivity contribution in [3.8, 4) is 22.9 Å². The molecule has 192 valence electrons. The van der Waals surface area contributed by atoms with Crippen LogP contribution in [0, 0.1) is 5.41 Å². The number of nitrogens with two attached hydrogens (primary N) is 1. The van der Waals surface area contributed by atoms with Crippen molar-refractivity contribution in [1.82, 2.24) is 29.4 Å². The molecule has 1 fully saturated rings. The molecule has 2 N–H and O–H groups in total. The van der Waals surface area contributed by atoms with Gasteiger partial charge >= 0.3 is 6.01 Å². The normalized spacial score (nSPS) is 16.3. The molecule has 3 aromatic heterocycles. The number of carbonyl (C=O) groups excluding carboxylic acids is 1. The molecule has 1 aliphatic carbocycles. The van der Waals surface area contributed by atoms with Crippen LogP contribution >= 0.6 is 0 Å². The average molecular weight is 508 g/mol. The second-order valence-electron chi connectivity index (χ2n) is 10.3. The molecule has 0 unspecified atom stereocenters. The summed E-state index contributed by atoms with van der Waals surface area (Å²) in [5.41, 5.74) is 12.3. The van der Waals surface area contributed by atoms with Crippen molar-refractivity contribution in [3.63, 3.8) is 0 Å². The summed E-state index contributed by atoms with van der Waals surface area (Å²) < 4.78 is 7.91. The van der Waals surface area contributed by atoms with Crippen LogP contribution in [0.1, 0.15) is 31.9 Å². The van der Waals surface area contributed by atoms with Crippen molar-refractivity contribution in [2.24, 2.45) is 12.5 Å². The lowest BCUT2D eigenvalue weighted by atomic mass is 9.68. The lowest BCUT2D eigenvalue weighted by Gasteiger charge is -2.52. The average Bonchev–Trinajstić information content (AvgIpc) is 3.21. The Kier molecular flexibility index (Phi) is 5.71. The fourth-order valence-corrected chi connectivity index (χ4v) is 5.69. The molecule has 1 aromatic carbocycles. The predicted octanol–water partition coefficient (Wildman–Crippen LogP) is 4.77. The Hall–Kier alpha value is -4.53. The number of anilines is 1. The molecule has 38 heavy (non-hydrogen) atoms. The number of rotatable bonds is 5. The highest BCUT2D eigenvalue weighted by Gasteiger charge is 2.45. The molecule has 1 spiro atoms. The van der Waals surface area contributed by atoms with Crippen LogP contribution in [0.2, 0.25) is 0 Å². The number of hydrogen-bond donors (Lipinski definition) is 1. The highest BCUT2D eigenvalue weighted by atomic mass is 16.5. The Bertz CT molecular complexity index is 1580. The number of ether oxygens (including phenoxy) is 1. The Morgan fingerprint density at radius 3 is 2.50 bits per heavy atom. The Morgan fingerprint density at radius 2 is 1.84 bits per heavy atom. The molecule has 0 bridgehead atoms. The molecule has 0 atom stereocenters. The maximum Gasteiger partial charge on any atom is 0.321 e. The van der Waals surface area contributed by atoms with E-state index in [4.69, 9.17) is 10.5 Å². The van der Waals surface area contributed by atoms with Crippen LogP contribution in [-0.4, -0.2) is 48.4 Å². The Morgan fingerprint density at radius 1 is 1.11 bits per heavy atom. The summed E-state index contributed by atoms with van der Waals surface area (Å²) in [6, 6.07) is 9.88. The highest BCUT2D eigenvalue weighted by molar-refractivity contribution is 6.06. The Labute approximate surface area is 220 Å². The summed E-state index contributed by atoms with van der Waals surface area (Å²) in [5.74, 6) is 1.15. The van der Waals surface area contributed by atoms with E-state index in [0.29, 0.717) is 23.2 Å². The molecule has 1 aliphatic heterocycles. The zero-order valence-corrected chi connectivity index (χ0v) is 21.5. The van der Waals surface area contributed by atoms with E-state index in [1.54, 1.807) is 25.4 Å². The molecule has 4 heterocycles. The van der Waals surface area contributed by atoms with E-state index in [1.807, 2.05) is 36.2 Å². The van der Waals surface area contributed by atoms with Gasteiger partial charge in [0.2, 0.25) is 5.91 Å². The zero-order chi connectivity index (χ0) is 26.4. The van der Waals surface area contributed by atoms with Gasteiger partial charge in [-0.25, -0.2) is 19.9 Å². The van der Waals surface area contributed by atoms with Gasteiger partial charge < -0.3 is 19.9 Å². The van der Waals surface area contributed by atoms with Crippen molar-refractivity contribution in [3.05, 3.63) is 73.0 Å². The number of aromatic nitrogens is 5. The lowest BCUT2D eigenvalue weighted by Crippen LogP contribution is -2.58. The standard InChI is InChI=1S/C29H29N7O2/c1-18(2)27(37)36-15-29(16-36)11-9-20(10-12-29)24-22(23-25(30)33-17-34-26(23)35(24)3)19-5-7-21(8-6-19)38-28-31-13-4-14-32-28/h4-9,13-14,17H,1,10-12,15-16H2,2-3H3,(H2,30,33,34). The van der Waals surface area contributed by atoms with Gasteiger partial charge in [-0.05, 0) is 55.5 Å². The van der Waals surface area contributed by atoms with E-state index in [-0.39, 0.29) is 11.3 Å². The van der Waals surface area contributed by atoms with Crippen LogP contribution in [-0.2, 0) is 11.8 Å². The molecule has 0 saturated carbocycles. The number of aryl methyl sites for hydroxylation is 1. The molecule has 0 radical (unpaired) electrons. The van der Waals surface area contributed by atoms with Crippen LogP contribution in [0.25, 0.3) is 27.7 Å². The number of nitrogens with zero attached hydrogens (tertiary/aromatic N) is 6. The second-order valence-corrected chi connectivity index (χ2v) is 10.3. The molecular weight excluding hydrogens is 478 g/mol. The van der Waals surface area contributed by atoms with E-state index in [2.05, 4.69) is 37.2 Å². The number of amides is 1. The fourth-order valence-electron chi connectivity index (χ4n) is 5.69. The second kappa shape index (κ2) is 9.09. The third-order valence-electron chi connectivity index (χ3n) is 7.61. The van der Waals surface area contributed by atoms with Gasteiger partial charge in [0.25, 0.3) is 0 Å². The number of hydrogen-bond acceptors (Lipinski definition) is 7. The first-order chi connectivity index (χ1) is 18.3. The number of likely N-dealkylation sites (tertiary alicyclic amines) is 1. The molecule has 9 heteroatoms. The van der Waals surface area contributed by atoms with Crippen molar-refractivity contribution in [1.29, 1.82) is 0 Å². The smallest absolute Gasteiger partial charge is 0.321 e. The molecule has 4 aromatic rings. The molecule has 9 nitrogen and oxygen atoms in total. The van der Waals surface area contributed by atoms with Gasteiger partial charge in [0.1, 0.15) is 23.5 Å². The molecular formula is C29H29N7O2. The third-order valence-corrected chi connectivity index (χ3v) is 7.61. The minimum atomic E-state index is 0.0571. The molecule has 1 amide bonds. The Balaban J connectivity index is 1.35. The first kappa shape index (κ1) is 23.8. The van der Waals surface area contributed by atoms with Gasteiger partial charge in [-0.3, -0.25) is 4.79 Å². The summed E-state index contributed by atoms with van der Waals surface area (Å²) >= 11 is 0. The molecule has 6 rings (SSSR count). The maximum absolute atomic E-state index is 12.3. The number of benzene rings is 1. The van der Waals surface area contributed by atoms with Gasteiger partial charge in [0.05, 0.1) is 11.1 Å². The first-order valence-electron chi connectivity index (χ1n) is 12.6. The minimum Gasteiger partial charge on any atom is -0.424 e. The maximum atomic E-state index is 12.3. The first-order valence-corrected chi connectivity index (χ1v) is 12.6. The quantitative estimate of drug-likeness (QED) is 0.387. The molecule has 2 aliphatic rings. The molecule has 1 saturated heterocycles. The van der Waals surface area contributed by atoms with E-state index in [1.165, 1.54) is 11.9 Å². The van der Waals surface area contributed by atoms with E-state index in [9.17, 15) is 4.79 Å². The number of allylic oxidation sites excluding steroid dienone is 2. The van der Waals surface area contributed by atoms with Gasteiger partial charge in [-0.1, -0.05) is 24.8 Å². The number of carbonyl (C=O) groups is 1. The van der Waals surface area contributed by atoms with Crippen molar-refractivity contribution in [2.45, 2.75) is 26.2 Å². The number of fused-ring (bicyclic) bond motifs is 1. The van der Waals surface area contributed by atoms with Gasteiger partial charge in [-0.2, -0.15) is 0 Å². The van der Waals surface area contributed by atoms with Crippen molar-refractivity contribution >= 4 is 28.3 Å². The predicted molar refractivity (Wildman–Crippen MR) is 146 cm³/mol. The van der Waals surface area contributed by atoms with Crippen molar-refractivity contribution < 1.29 is 9.53 Å². The van der Waals surface area contributed by atoms with E-state index >= 15 is 0 Å². The monoisotopic (exact) mass is 507 g/mol. The summed E-state index contributed by atoms with van der Waals surface area (Å²) in [6.45, 7) is 7.15. The minimum absolute atomic E-state index is 0.0571. The summed E-state index contributed by atoms with van der Waals surface area (Å²) in [5, 5.41) is 0.841. The van der Waals surface area contributed by atoms with Crippen molar-refractivity contribution in [2.75, 3.05) is 18.8 Å². The SMILES string of the molecule is C=C(C)C(=O)N1CC2(CC=C(c3c(-c4ccc(Oc5ncccn5)cc4)c4c(N)ncnc4n3C)CC2)C1. The van der Waals surface area contributed by atoms with Gasteiger partial charge in [-0.15, -0.1) is 0 Å². The fraction of sp³-hybridized carbons (Fsp3) is 0.276. The lowest BCUT2D eigenvalue weighted by molar-refractivity contribution is -0.139. The van der Waals surface area contributed by atoms with Crippen LogP contribution < -0.4 is 10.5 Å². The summed E-state index contributed by atoms with van der Waals surface area (Å²) in [7, 11) is 2.03. The van der Waals surface area contributed by atoms with Gasteiger partial charge in [0, 0.05) is 49.1 Å². The van der Waals surface area contributed by atoms with Gasteiger partial charge in [0.15, 0.2) is 0 Å². The third kappa shape index (κ3) is 4.00. The highest BCUT2D eigenvalue weighted by Crippen LogP contribution is 2.48.